The third kappa shape index (κ3) is 5.67. The van der Waals surface area contributed by atoms with Crippen LogP contribution in [0.5, 0.6) is 0 Å². The number of thiazole rings is 1. The minimum atomic E-state index is -6.00. The van der Waals surface area contributed by atoms with E-state index in [1.165, 1.54) is 0 Å². The van der Waals surface area contributed by atoms with E-state index < -0.39 is 7.25 Å². The van der Waals surface area contributed by atoms with Gasteiger partial charge in [-0.15, -0.1) is 0 Å². The maximum absolute atomic E-state index is 9.75. The van der Waals surface area contributed by atoms with E-state index in [-0.39, 0.29) is 0 Å². The third-order valence-corrected chi connectivity index (χ3v) is 4.38. The Balaban J connectivity index is 0.000000403. The molecule has 0 spiro atoms. The minimum Gasteiger partial charge on any atom is -0.456 e. The van der Waals surface area contributed by atoms with E-state index in [0.717, 1.165) is 32.8 Å². The largest absolute Gasteiger partial charge is 0.673 e. The fourth-order valence-electron chi connectivity index (χ4n) is 2.38. The van der Waals surface area contributed by atoms with Gasteiger partial charge in [0.1, 0.15) is 11.3 Å². The van der Waals surface area contributed by atoms with Gasteiger partial charge in [-0.1, -0.05) is 53.3 Å². The van der Waals surface area contributed by atoms with E-state index in [1.807, 2.05) is 66.2 Å². The van der Waals surface area contributed by atoms with Crippen molar-refractivity contribution in [3.05, 3.63) is 76.6 Å². The zero-order chi connectivity index (χ0) is 20.1. The molecule has 0 bridgehead atoms. The third-order valence-electron chi connectivity index (χ3n) is 3.44. The molecule has 0 unspecified atom stereocenters. The molecule has 2 heterocycles. The molecule has 0 saturated carbocycles. The lowest BCUT2D eigenvalue weighted by atomic mass is 10.1. The van der Waals surface area contributed by atoms with Crippen molar-refractivity contribution < 1.29 is 26.7 Å². The number of fused-ring (bicyclic) bond motifs is 1. The fraction of sp³-hybridized carbons (Fsp3) is 0. The number of nitrogens with one attached hydrogen (secondary N) is 1. The lowest BCUT2D eigenvalue weighted by molar-refractivity contribution is -0.356. The average molecular weight is 427 g/mol. The Morgan fingerprint density at radius 1 is 1.00 bits per heavy atom. The van der Waals surface area contributed by atoms with E-state index in [1.54, 1.807) is 11.3 Å². The number of aromatic amines is 1. The molecule has 3 nitrogen and oxygen atoms in total. The van der Waals surface area contributed by atoms with Crippen LogP contribution in [0.1, 0.15) is 0 Å². The van der Waals surface area contributed by atoms with Crippen LogP contribution in [-0.2, 0) is 0 Å². The Kier molecular flexibility index (Phi) is 6.16. The summed E-state index contributed by atoms with van der Waals surface area (Å²) in [6.07, 6.45) is 1.87. The van der Waals surface area contributed by atoms with Crippen LogP contribution < -0.4 is 10.3 Å². The summed E-state index contributed by atoms with van der Waals surface area (Å²) in [5.74, 6) is 0.774. The second-order valence-corrected chi connectivity index (χ2v) is 6.81. The molecule has 10 heteroatoms. The van der Waals surface area contributed by atoms with Crippen molar-refractivity contribution in [1.29, 1.82) is 0 Å². The van der Waals surface area contributed by atoms with Crippen LogP contribution in [0.2, 0.25) is 5.02 Å². The zero-order valence-electron chi connectivity index (χ0n) is 14.1. The van der Waals surface area contributed by atoms with Crippen molar-refractivity contribution >= 4 is 46.3 Å². The highest BCUT2D eigenvalue weighted by molar-refractivity contribution is 7.12. The predicted molar refractivity (Wildman–Crippen MR) is 103 cm³/mol. The van der Waals surface area contributed by atoms with E-state index >= 15 is 0 Å². The van der Waals surface area contributed by atoms with Gasteiger partial charge < -0.3 is 21.7 Å². The first-order chi connectivity index (χ1) is 13.3. The molecule has 0 aliphatic rings. The molecule has 4 rings (SSSR count). The van der Waals surface area contributed by atoms with Crippen LogP contribution in [0, 0.1) is 0 Å². The Morgan fingerprint density at radius 3 is 2.36 bits per heavy atom. The summed E-state index contributed by atoms with van der Waals surface area (Å²) in [4.78, 5) is 7.81. The predicted octanol–water partition coefficient (Wildman–Crippen LogP) is 6.16. The number of hydrogen-bond acceptors (Lipinski definition) is 3. The number of hydrogen-bond donors (Lipinski definition) is 0. The van der Waals surface area contributed by atoms with Gasteiger partial charge in [0, 0.05) is 22.0 Å². The Bertz CT molecular complexity index is 1130. The number of H-pyrrole nitrogens is 1. The number of aromatic nitrogens is 1. The van der Waals surface area contributed by atoms with E-state index in [4.69, 9.17) is 21.0 Å². The van der Waals surface area contributed by atoms with Crippen LogP contribution in [-0.4, -0.2) is 7.25 Å². The second kappa shape index (κ2) is 8.58. The molecule has 2 aromatic carbocycles. The molecule has 0 aliphatic heterocycles. The fourth-order valence-corrected chi connectivity index (χ4v) is 3.11. The SMILES string of the molecule is Clc1ccc2oc(-c3ccccc3)cc(=Nc3[nH+]ccs3)c2c1.F[B-](F)(F)F. The smallest absolute Gasteiger partial charge is 0.456 e. The van der Waals surface area contributed by atoms with Gasteiger partial charge in [0.25, 0.3) is 0 Å². The molecule has 4 aromatic rings. The summed E-state index contributed by atoms with van der Waals surface area (Å²) in [6.45, 7) is 0. The van der Waals surface area contributed by atoms with Gasteiger partial charge in [0.2, 0.25) is 0 Å². The van der Waals surface area contributed by atoms with E-state index in [0.29, 0.717) is 5.02 Å². The van der Waals surface area contributed by atoms with Gasteiger partial charge in [-0.25, -0.2) is 4.98 Å². The normalized spacial score (nSPS) is 12.0. The Morgan fingerprint density at radius 2 is 1.71 bits per heavy atom. The van der Waals surface area contributed by atoms with Crippen molar-refractivity contribution in [1.82, 2.24) is 0 Å². The van der Waals surface area contributed by atoms with Crippen molar-refractivity contribution in [3.63, 3.8) is 0 Å². The average Bonchev–Trinajstić information content (AvgIpc) is 3.14. The Labute approximate surface area is 166 Å². The van der Waals surface area contributed by atoms with Gasteiger partial charge >= 0.3 is 12.4 Å². The molecule has 0 saturated heterocycles. The molecule has 144 valence electrons. The maximum Gasteiger partial charge on any atom is 0.673 e. The lowest BCUT2D eigenvalue weighted by Crippen LogP contribution is -2.05. The second-order valence-electron chi connectivity index (χ2n) is 5.48. The molecule has 0 fully saturated rings. The molecular weight excluding hydrogens is 415 g/mol. The first kappa shape index (κ1) is 20.1. The monoisotopic (exact) mass is 426 g/mol. The van der Waals surface area contributed by atoms with Crippen molar-refractivity contribution in [2.45, 2.75) is 0 Å². The van der Waals surface area contributed by atoms with Crippen LogP contribution in [0.25, 0.3) is 22.3 Å². The summed E-state index contributed by atoms with van der Waals surface area (Å²) < 4.78 is 45.0. The van der Waals surface area contributed by atoms with Gasteiger partial charge in [-0.05, 0) is 23.2 Å². The van der Waals surface area contributed by atoms with Crippen LogP contribution in [0.4, 0.5) is 22.4 Å². The molecule has 2 aromatic heterocycles. The van der Waals surface area contributed by atoms with Crippen LogP contribution in [0.3, 0.4) is 0 Å². The first-order valence-corrected chi connectivity index (χ1v) is 9.21. The van der Waals surface area contributed by atoms with Crippen molar-refractivity contribution in [2.75, 3.05) is 0 Å². The van der Waals surface area contributed by atoms with E-state index in [9.17, 15) is 17.3 Å². The summed E-state index contributed by atoms with van der Waals surface area (Å²) in [7, 11) is -6.00. The zero-order valence-corrected chi connectivity index (χ0v) is 15.7. The van der Waals surface area contributed by atoms with Gasteiger partial charge in [0.15, 0.2) is 5.36 Å². The summed E-state index contributed by atoms with van der Waals surface area (Å²) in [6, 6.07) is 17.5. The summed E-state index contributed by atoms with van der Waals surface area (Å²) in [5.41, 5.74) is 1.77. The molecule has 0 aliphatic carbocycles. The highest BCUT2D eigenvalue weighted by Gasteiger charge is 2.20. The van der Waals surface area contributed by atoms with Gasteiger partial charge in [-0.3, -0.25) is 0 Å². The quantitative estimate of drug-likeness (QED) is 0.279. The standard InChI is InChI=1S/C18H11ClN2OS.BF4/c19-13-6-7-16-14(10-13)15(21-18-20-8-9-23-18)11-17(22-16)12-4-2-1-3-5-12;2-1(3,4)5/h1-11H;/q;-1/p+1. The molecule has 0 amide bonds. The first-order valence-electron chi connectivity index (χ1n) is 7.96. The number of nitrogens with zero attached hydrogens (tertiary/aromatic N) is 1. The molecule has 28 heavy (non-hydrogen) atoms. The minimum absolute atomic E-state index is 0.659. The van der Waals surface area contributed by atoms with Crippen molar-refractivity contribution in [3.8, 4) is 11.3 Å². The van der Waals surface area contributed by atoms with Gasteiger partial charge in [0.05, 0.1) is 11.6 Å². The van der Waals surface area contributed by atoms with Crippen molar-refractivity contribution in [2.24, 2.45) is 4.99 Å². The molecule has 1 N–H and O–H groups in total. The maximum atomic E-state index is 9.75. The Hall–Kier alpha value is -2.65. The lowest BCUT2D eigenvalue weighted by Gasteiger charge is -2.03. The highest BCUT2D eigenvalue weighted by Crippen LogP contribution is 2.24. The number of halogens is 5. The summed E-state index contributed by atoms with van der Waals surface area (Å²) >= 11 is 7.69. The summed E-state index contributed by atoms with van der Waals surface area (Å²) in [5, 5.41) is 5.16. The molecular formula is C18H12BClF4N2OS. The van der Waals surface area contributed by atoms with E-state index in [2.05, 4.69) is 4.98 Å². The molecule has 0 atom stereocenters. The van der Waals surface area contributed by atoms with Crippen LogP contribution in [0.15, 0.2) is 75.6 Å². The number of benzene rings is 2. The highest BCUT2D eigenvalue weighted by atomic mass is 35.5. The number of rotatable bonds is 2. The van der Waals surface area contributed by atoms with Crippen LogP contribution >= 0.6 is 22.9 Å². The van der Waals surface area contributed by atoms with Gasteiger partial charge in [-0.2, -0.15) is 0 Å². The topological polar surface area (TPSA) is 39.6 Å². The molecule has 0 radical (unpaired) electrons.